The van der Waals surface area contributed by atoms with Gasteiger partial charge in [-0.05, 0) is 25.0 Å². The monoisotopic (exact) mass is 358 g/mol. The lowest BCUT2D eigenvalue weighted by molar-refractivity contribution is -0.126. The maximum Gasteiger partial charge on any atom is 0.267 e. The number of fused-ring (bicyclic) bond motifs is 1. The van der Waals surface area contributed by atoms with Gasteiger partial charge in [0, 0.05) is 11.4 Å². The van der Waals surface area contributed by atoms with Crippen LogP contribution >= 0.6 is 11.6 Å². The van der Waals surface area contributed by atoms with E-state index < -0.39 is 0 Å². The number of hydrogen-bond acceptors (Lipinski definition) is 3. The molecule has 0 aliphatic heterocycles. The molecule has 1 saturated carbocycles. The van der Waals surface area contributed by atoms with Crippen molar-refractivity contribution < 1.29 is 9.59 Å². The minimum absolute atomic E-state index is 0.0173. The van der Waals surface area contributed by atoms with Gasteiger partial charge in [-0.25, -0.2) is 0 Å². The van der Waals surface area contributed by atoms with E-state index in [4.69, 9.17) is 16.9 Å². The Morgan fingerprint density at radius 1 is 1.32 bits per heavy atom. The molecule has 1 aliphatic carbocycles. The Hall–Kier alpha value is -2.52. The Labute approximate surface area is 150 Å². The van der Waals surface area contributed by atoms with Crippen molar-refractivity contribution in [3.63, 3.8) is 0 Å². The van der Waals surface area contributed by atoms with Crippen molar-refractivity contribution >= 4 is 34.3 Å². The molecule has 0 saturated heterocycles. The van der Waals surface area contributed by atoms with Gasteiger partial charge in [-0.1, -0.05) is 36.6 Å². The highest BCUT2D eigenvalue weighted by molar-refractivity contribution is 6.35. The number of nitrogens with zero attached hydrogens (tertiary/aromatic N) is 1. The summed E-state index contributed by atoms with van der Waals surface area (Å²) < 4.78 is 0. The van der Waals surface area contributed by atoms with Crippen molar-refractivity contribution in [2.45, 2.75) is 31.7 Å². The first-order valence-corrected chi connectivity index (χ1v) is 8.70. The van der Waals surface area contributed by atoms with Gasteiger partial charge in [0.15, 0.2) is 0 Å². The summed E-state index contributed by atoms with van der Waals surface area (Å²) in [5, 5.41) is 15.6. The van der Waals surface area contributed by atoms with Crippen molar-refractivity contribution in [3.8, 4) is 6.07 Å². The predicted octanol–water partition coefficient (Wildman–Crippen LogP) is 2.75. The van der Waals surface area contributed by atoms with E-state index >= 15 is 0 Å². The van der Waals surface area contributed by atoms with Gasteiger partial charge in [0.2, 0.25) is 5.91 Å². The van der Waals surface area contributed by atoms with Crippen molar-refractivity contribution in [1.29, 1.82) is 5.26 Å². The molecule has 3 rings (SSSR count). The van der Waals surface area contributed by atoms with Crippen LogP contribution in [-0.4, -0.2) is 29.4 Å². The quantitative estimate of drug-likeness (QED) is 0.733. The number of benzene rings is 1. The van der Waals surface area contributed by atoms with Crippen molar-refractivity contribution in [1.82, 2.24) is 15.6 Å². The number of para-hydroxylation sites is 1. The summed E-state index contributed by atoms with van der Waals surface area (Å²) >= 11 is 6.14. The molecule has 1 aromatic heterocycles. The van der Waals surface area contributed by atoms with Crippen LogP contribution in [0.3, 0.4) is 0 Å². The Morgan fingerprint density at radius 3 is 2.88 bits per heavy atom. The number of carbonyl (C=O) groups excluding carboxylic acids is 2. The van der Waals surface area contributed by atoms with Gasteiger partial charge in [-0.15, -0.1) is 0 Å². The summed E-state index contributed by atoms with van der Waals surface area (Å²) in [4.78, 5) is 27.9. The zero-order chi connectivity index (χ0) is 17.8. The van der Waals surface area contributed by atoms with Crippen molar-refractivity contribution in [2.75, 3.05) is 6.54 Å². The highest BCUT2D eigenvalue weighted by Crippen LogP contribution is 2.26. The average molecular weight is 359 g/mol. The number of aromatic amines is 1. The van der Waals surface area contributed by atoms with Crippen LogP contribution in [0.1, 0.15) is 36.2 Å². The number of carbonyl (C=O) groups is 2. The highest BCUT2D eigenvalue weighted by Gasteiger charge is 2.32. The fourth-order valence-electron chi connectivity index (χ4n) is 3.36. The summed E-state index contributed by atoms with van der Waals surface area (Å²) in [6, 6.07) is 8.90. The van der Waals surface area contributed by atoms with Crippen molar-refractivity contribution in [2.24, 2.45) is 5.92 Å². The molecule has 130 valence electrons. The maximum atomic E-state index is 12.6. The second kappa shape index (κ2) is 7.58. The molecule has 2 unspecified atom stereocenters. The molecule has 2 atom stereocenters. The normalized spacial score (nSPS) is 20.0. The van der Waals surface area contributed by atoms with E-state index in [2.05, 4.69) is 15.6 Å². The van der Waals surface area contributed by atoms with Crippen LogP contribution in [0, 0.1) is 17.2 Å². The minimum atomic E-state index is -0.306. The van der Waals surface area contributed by atoms with Crippen LogP contribution in [0.2, 0.25) is 5.02 Å². The molecule has 2 aromatic rings. The smallest absolute Gasteiger partial charge is 0.267 e. The first-order valence-electron chi connectivity index (χ1n) is 8.33. The second-order valence-electron chi connectivity index (χ2n) is 6.23. The molecule has 6 nitrogen and oxygen atoms in total. The summed E-state index contributed by atoms with van der Waals surface area (Å²) in [5.74, 6) is -0.734. The standard InChI is InChI=1S/C18H19ClN4O2/c19-13-6-3-4-11-10-15(22-16(11)13)18(25)23-14-7-2-1-5-12(14)17(24)21-9-8-20/h3-4,6,10,12,14,22H,1-2,5,7,9H2,(H,21,24)(H,23,25). The lowest BCUT2D eigenvalue weighted by Gasteiger charge is -2.30. The number of hydrogen-bond donors (Lipinski definition) is 3. The molecular formula is C18H19ClN4O2. The van der Waals surface area contributed by atoms with E-state index in [-0.39, 0.29) is 30.3 Å². The van der Waals surface area contributed by atoms with E-state index in [9.17, 15) is 9.59 Å². The largest absolute Gasteiger partial charge is 0.349 e. The summed E-state index contributed by atoms with van der Waals surface area (Å²) in [7, 11) is 0. The number of amides is 2. The molecule has 0 spiro atoms. The molecule has 3 N–H and O–H groups in total. The van der Waals surface area contributed by atoms with Crippen LogP contribution in [0.25, 0.3) is 10.9 Å². The Kier molecular flexibility index (Phi) is 5.25. The predicted molar refractivity (Wildman–Crippen MR) is 95.1 cm³/mol. The zero-order valence-corrected chi connectivity index (χ0v) is 14.4. The first-order chi connectivity index (χ1) is 12.1. The molecule has 7 heteroatoms. The first kappa shape index (κ1) is 17.3. The molecule has 1 heterocycles. The van der Waals surface area contributed by atoms with Gasteiger partial charge in [0.1, 0.15) is 12.2 Å². The van der Waals surface area contributed by atoms with E-state index in [1.165, 1.54) is 0 Å². The van der Waals surface area contributed by atoms with E-state index in [0.717, 1.165) is 30.2 Å². The SMILES string of the molecule is N#CCNC(=O)C1CCCCC1NC(=O)c1cc2cccc(Cl)c2[nH]1. The van der Waals surface area contributed by atoms with Crippen molar-refractivity contribution in [3.05, 3.63) is 35.0 Å². The highest BCUT2D eigenvalue weighted by atomic mass is 35.5. The molecule has 1 aromatic carbocycles. The van der Waals surface area contributed by atoms with E-state index in [1.807, 2.05) is 18.2 Å². The fraction of sp³-hybridized carbons (Fsp3) is 0.389. The average Bonchev–Trinajstić information content (AvgIpc) is 3.06. The number of aromatic nitrogens is 1. The van der Waals surface area contributed by atoms with Gasteiger partial charge in [0.05, 0.1) is 22.5 Å². The lowest BCUT2D eigenvalue weighted by Crippen LogP contribution is -2.48. The van der Waals surface area contributed by atoms with Gasteiger partial charge >= 0.3 is 0 Å². The van der Waals surface area contributed by atoms with Crippen LogP contribution in [0.5, 0.6) is 0 Å². The molecule has 0 bridgehead atoms. The van der Waals surface area contributed by atoms with Gasteiger partial charge in [-0.3, -0.25) is 9.59 Å². The number of rotatable bonds is 4. The number of halogens is 1. The molecule has 1 aliphatic rings. The van der Waals surface area contributed by atoms with Gasteiger partial charge in [-0.2, -0.15) is 5.26 Å². The van der Waals surface area contributed by atoms with Crippen LogP contribution < -0.4 is 10.6 Å². The third kappa shape index (κ3) is 3.77. The third-order valence-corrected chi connectivity index (χ3v) is 4.93. The number of nitrogens with one attached hydrogen (secondary N) is 3. The Morgan fingerprint density at radius 2 is 2.12 bits per heavy atom. The Balaban J connectivity index is 1.74. The maximum absolute atomic E-state index is 12.6. The van der Waals surface area contributed by atoms with Crippen LogP contribution in [0.4, 0.5) is 0 Å². The lowest BCUT2D eigenvalue weighted by atomic mass is 9.83. The zero-order valence-electron chi connectivity index (χ0n) is 13.6. The molecule has 0 radical (unpaired) electrons. The topological polar surface area (TPSA) is 97.8 Å². The second-order valence-corrected chi connectivity index (χ2v) is 6.64. The molecular weight excluding hydrogens is 340 g/mol. The van der Waals surface area contributed by atoms with Crippen LogP contribution in [0.15, 0.2) is 24.3 Å². The minimum Gasteiger partial charge on any atom is -0.349 e. The third-order valence-electron chi connectivity index (χ3n) is 4.61. The van der Waals surface area contributed by atoms with Gasteiger partial charge < -0.3 is 15.6 Å². The summed E-state index contributed by atoms with van der Waals surface area (Å²) in [6.45, 7) is -0.0173. The fourth-order valence-corrected chi connectivity index (χ4v) is 3.59. The molecule has 1 fully saturated rings. The molecule has 2 amide bonds. The number of H-pyrrole nitrogens is 1. The van der Waals surface area contributed by atoms with Gasteiger partial charge in [0.25, 0.3) is 5.91 Å². The van der Waals surface area contributed by atoms with E-state index in [1.54, 1.807) is 12.1 Å². The number of nitriles is 1. The van der Waals surface area contributed by atoms with E-state index in [0.29, 0.717) is 17.1 Å². The Bertz CT molecular complexity index is 839. The summed E-state index contributed by atoms with van der Waals surface area (Å²) in [6.07, 6.45) is 3.36. The summed E-state index contributed by atoms with van der Waals surface area (Å²) in [5.41, 5.74) is 1.14. The molecule has 25 heavy (non-hydrogen) atoms. The van der Waals surface area contributed by atoms with Crippen LogP contribution in [-0.2, 0) is 4.79 Å².